The van der Waals surface area contributed by atoms with Gasteiger partial charge in [0.2, 0.25) is 0 Å². The molecule has 11 heteroatoms. The molecule has 1 saturated heterocycles. The Bertz CT molecular complexity index is 1140. The molecular formula is C27H29F6NO4. The van der Waals surface area contributed by atoms with E-state index >= 15 is 0 Å². The van der Waals surface area contributed by atoms with Crippen molar-refractivity contribution in [1.82, 2.24) is 4.90 Å². The lowest BCUT2D eigenvalue weighted by Gasteiger charge is -2.31. The van der Waals surface area contributed by atoms with Crippen molar-refractivity contribution < 1.29 is 45.7 Å². The molecule has 208 valence electrons. The van der Waals surface area contributed by atoms with Gasteiger partial charge in [0.1, 0.15) is 5.60 Å². The monoisotopic (exact) mass is 545 g/mol. The second-order valence-electron chi connectivity index (χ2n) is 10.8. The number of aliphatic hydroxyl groups excluding tert-OH is 1. The van der Waals surface area contributed by atoms with Crippen LogP contribution in [0.15, 0.2) is 48.5 Å². The summed E-state index contributed by atoms with van der Waals surface area (Å²) in [7, 11) is 0. The van der Waals surface area contributed by atoms with Crippen molar-refractivity contribution in [2.75, 3.05) is 6.54 Å². The van der Waals surface area contributed by atoms with Crippen LogP contribution in [0.3, 0.4) is 0 Å². The first-order valence-corrected chi connectivity index (χ1v) is 12.1. The van der Waals surface area contributed by atoms with Gasteiger partial charge in [-0.25, -0.2) is 4.79 Å². The SMILES string of the molecule is CC(O[C@H]1CN(C(=O)OC(C)(C)C)C2(C[C@H]2O)C1c1ccccc1)c1cc(C(F)(F)F)cc(C(F)(F)F)c1. The Labute approximate surface area is 216 Å². The second kappa shape index (κ2) is 9.44. The van der Waals surface area contributed by atoms with Crippen LogP contribution >= 0.6 is 0 Å². The number of hydrogen-bond donors (Lipinski definition) is 1. The van der Waals surface area contributed by atoms with E-state index in [-0.39, 0.29) is 24.6 Å². The van der Waals surface area contributed by atoms with Crippen molar-refractivity contribution in [2.24, 2.45) is 0 Å². The Kier molecular flexibility index (Phi) is 7.01. The number of amides is 1. The molecule has 38 heavy (non-hydrogen) atoms. The van der Waals surface area contributed by atoms with Crippen molar-refractivity contribution in [3.8, 4) is 0 Å². The highest BCUT2D eigenvalue weighted by Gasteiger charge is 2.71. The van der Waals surface area contributed by atoms with E-state index in [0.29, 0.717) is 17.7 Å². The molecule has 2 aromatic rings. The van der Waals surface area contributed by atoms with E-state index in [4.69, 9.17) is 9.47 Å². The Morgan fingerprint density at radius 1 is 1.00 bits per heavy atom. The molecule has 5 nitrogen and oxygen atoms in total. The molecular weight excluding hydrogens is 516 g/mol. The molecule has 2 fully saturated rings. The van der Waals surface area contributed by atoms with Gasteiger partial charge >= 0.3 is 18.4 Å². The number of aliphatic hydroxyl groups is 1. The molecule has 1 heterocycles. The second-order valence-corrected chi connectivity index (χ2v) is 10.8. The summed E-state index contributed by atoms with van der Waals surface area (Å²) < 4.78 is 92.2. The topological polar surface area (TPSA) is 59.0 Å². The molecule has 0 aromatic heterocycles. The number of hydrogen-bond acceptors (Lipinski definition) is 4. The molecule has 1 aliphatic heterocycles. The summed E-state index contributed by atoms with van der Waals surface area (Å²) in [5, 5.41) is 10.7. The van der Waals surface area contributed by atoms with E-state index in [0.717, 1.165) is 0 Å². The van der Waals surface area contributed by atoms with Gasteiger partial charge in [0.15, 0.2) is 0 Å². The standard InChI is InChI=1S/C27H29F6NO4/c1-15(17-10-18(26(28,29)30)12-19(11-17)27(31,32)33)37-20-14-34(23(36)38-24(2,3)4)25(13-21(25)35)22(20)16-8-6-5-7-9-16/h5-12,15,20-22,35H,13-14H2,1-4H3/t15?,20-,21+,22?,25?/m0/s1. The van der Waals surface area contributed by atoms with Gasteiger partial charge < -0.3 is 14.6 Å². The minimum absolute atomic E-state index is 0.0678. The van der Waals surface area contributed by atoms with Crippen LogP contribution in [0.2, 0.25) is 0 Å². The molecule has 1 amide bonds. The molecule has 4 rings (SSSR count). The van der Waals surface area contributed by atoms with Crippen LogP contribution in [0.1, 0.15) is 68.4 Å². The molecule has 1 spiro atoms. The molecule has 2 aliphatic rings. The predicted molar refractivity (Wildman–Crippen MR) is 125 cm³/mol. The van der Waals surface area contributed by atoms with Crippen LogP contribution in [-0.2, 0) is 21.8 Å². The van der Waals surface area contributed by atoms with E-state index in [9.17, 15) is 36.2 Å². The first-order chi connectivity index (χ1) is 17.4. The third-order valence-electron chi connectivity index (χ3n) is 6.94. The molecule has 5 atom stereocenters. The number of carbonyl (C=O) groups excluding carboxylic acids is 1. The van der Waals surface area contributed by atoms with Gasteiger partial charge in [0.05, 0.1) is 41.5 Å². The maximum Gasteiger partial charge on any atom is 0.416 e. The van der Waals surface area contributed by atoms with Crippen LogP contribution in [0, 0.1) is 0 Å². The van der Waals surface area contributed by atoms with Gasteiger partial charge in [0, 0.05) is 12.3 Å². The summed E-state index contributed by atoms with van der Waals surface area (Å²) in [4.78, 5) is 14.5. The van der Waals surface area contributed by atoms with E-state index in [1.165, 1.54) is 11.8 Å². The zero-order valence-corrected chi connectivity index (χ0v) is 21.2. The number of rotatable bonds is 4. The van der Waals surface area contributed by atoms with Gasteiger partial charge in [0.25, 0.3) is 0 Å². The smallest absolute Gasteiger partial charge is 0.416 e. The summed E-state index contributed by atoms with van der Waals surface area (Å²) in [6.07, 6.45) is -13.4. The van der Waals surface area contributed by atoms with Gasteiger partial charge in [-0.1, -0.05) is 30.3 Å². The molecule has 2 aromatic carbocycles. The van der Waals surface area contributed by atoms with E-state index in [1.54, 1.807) is 51.1 Å². The lowest BCUT2D eigenvalue weighted by molar-refractivity contribution is -0.143. The highest BCUT2D eigenvalue weighted by atomic mass is 19.4. The largest absolute Gasteiger partial charge is 0.444 e. The average Bonchev–Trinajstić information content (AvgIpc) is 3.33. The molecule has 1 N–H and O–H groups in total. The molecule has 3 unspecified atom stereocenters. The first kappa shape index (κ1) is 28.2. The van der Waals surface area contributed by atoms with Crippen molar-refractivity contribution >= 4 is 6.09 Å². The van der Waals surface area contributed by atoms with Crippen LogP contribution < -0.4 is 0 Å². The van der Waals surface area contributed by atoms with Gasteiger partial charge in [-0.2, -0.15) is 26.3 Å². The third kappa shape index (κ3) is 5.49. The molecule has 0 radical (unpaired) electrons. The lowest BCUT2D eigenvalue weighted by Crippen LogP contribution is -2.44. The van der Waals surface area contributed by atoms with E-state index < -0.39 is 64.9 Å². The number of carbonyl (C=O) groups is 1. The van der Waals surface area contributed by atoms with Gasteiger partial charge in [-0.05, 0) is 57.0 Å². The fraction of sp³-hybridized carbons (Fsp3) is 0.519. The van der Waals surface area contributed by atoms with E-state index in [1.807, 2.05) is 0 Å². The zero-order valence-electron chi connectivity index (χ0n) is 21.2. The molecule has 0 bridgehead atoms. The van der Waals surface area contributed by atoms with Gasteiger partial charge in [-0.3, -0.25) is 4.90 Å². The number of ether oxygens (including phenoxy) is 2. The Balaban J connectivity index is 1.71. The minimum Gasteiger partial charge on any atom is -0.444 e. The number of likely N-dealkylation sites (tertiary alicyclic amines) is 1. The maximum atomic E-state index is 13.4. The Hall–Kier alpha value is -2.79. The van der Waals surface area contributed by atoms with Crippen LogP contribution in [0.5, 0.6) is 0 Å². The first-order valence-electron chi connectivity index (χ1n) is 12.1. The van der Waals surface area contributed by atoms with Crippen molar-refractivity contribution in [3.63, 3.8) is 0 Å². The molecule has 1 aliphatic carbocycles. The molecule has 1 saturated carbocycles. The zero-order chi connectivity index (χ0) is 28.3. The fourth-order valence-corrected chi connectivity index (χ4v) is 5.22. The highest BCUT2D eigenvalue weighted by molar-refractivity contribution is 5.72. The highest BCUT2D eigenvalue weighted by Crippen LogP contribution is 2.59. The number of halogens is 6. The quantitative estimate of drug-likeness (QED) is 0.434. The van der Waals surface area contributed by atoms with Crippen molar-refractivity contribution in [2.45, 2.75) is 81.8 Å². The van der Waals surface area contributed by atoms with Crippen LogP contribution in [-0.4, -0.2) is 46.0 Å². The Morgan fingerprint density at radius 3 is 1.97 bits per heavy atom. The summed E-state index contributed by atoms with van der Waals surface area (Å²) in [5.41, 5.74) is -4.37. The predicted octanol–water partition coefficient (Wildman–Crippen LogP) is 6.71. The summed E-state index contributed by atoms with van der Waals surface area (Å²) in [5.74, 6) is -0.596. The van der Waals surface area contributed by atoms with E-state index in [2.05, 4.69) is 0 Å². The third-order valence-corrected chi connectivity index (χ3v) is 6.94. The van der Waals surface area contributed by atoms with Crippen molar-refractivity contribution in [3.05, 3.63) is 70.8 Å². The summed E-state index contributed by atoms with van der Waals surface area (Å²) in [6, 6.07) is 10.2. The van der Waals surface area contributed by atoms with Crippen LogP contribution in [0.4, 0.5) is 31.1 Å². The van der Waals surface area contributed by atoms with Crippen molar-refractivity contribution in [1.29, 1.82) is 0 Å². The Morgan fingerprint density at radius 2 is 1.53 bits per heavy atom. The summed E-state index contributed by atoms with van der Waals surface area (Å²) >= 11 is 0. The minimum atomic E-state index is -4.99. The maximum absolute atomic E-state index is 13.4. The fourth-order valence-electron chi connectivity index (χ4n) is 5.22. The summed E-state index contributed by atoms with van der Waals surface area (Å²) in [6.45, 7) is 6.36. The van der Waals surface area contributed by atoms with Gasteiger partial charge in [-0.15, -0.1) is 0 Å². The number of benzene rings is 2. The number of nitrogens with zero attached hydrogens (tertiary/aromatic N) is 1. The normalized spacial score (nSPS) is 26.5. The van der Waals surface area contributed by atoms with Crippen LogP contribution in [0.25, 0.3) is 0 Å². The number of alkyl halides is 6. The lowest BCUT2D eigenvalue weighted by atomic mass is 9.87. The average molecular weight is 546 g/mol.